The van der Waals surface area contributed by atoms with Crippen molar-refractivity contribution in [3.05, 3.63) is 58.2 Å². The molecule has 0 fully saturated rings. The molecule has 1 heterocycles. The Labute approximate surface area is 189 Å². The molecule has 0 aliphatic carbocycles. The molecule has 3 aromatic rings. The Morgan fingerprint density at radius 3 is 2.50 bits per heavy atom. The fourth-order valence-corrected chi connectivity index (χ4v) is 4.46. The van der Waals surface area contributed by atoms with E-state index >= 15 is 0 Å². The number of nitrogens with two attached hydrogens (primary N) is 1. The number of rotatable bonds is 6. The first kappa shape index (κ1) is 22.9. The number of nitriles is 1. The van der Waals surface area contributed by atoms with E-state index in [9.17, 15) is 13.2 Å². The average Bonchev–Trinajstić information content (AvgIpc) is 3.13. The van der Waals surface area contributed by atoms with Crippen LogP contribution in [0.25, 0.3) is 0 Å². The van der Waals surface area contributed by atoms with Gasteiger partial charge in [0.25, 0.3) is 15.9 Å². The number of carbonyl (C=O) groups excluding carboxylic acids is 1. The second-order valence-corrected chi connectivity index (χ2v) is 8.60. The predicted molar refractivity (Wildman–Crippen MR) is 118 cm³/mol. The number of methoxy groups -OCH3 is 2. The zero-order valence-electron chi connectivity index (χ0n) is 17.2. The lowest BCUT2D eigenvalue weighted by Crippen LogP contribution is -2.19. The molecule has 0 atom stereocenters. The number of sulfonamides is 1. The van der Waals surface area contributed by atoms with Crippen LogP contribution in [0.15, 0.2) is 41.4 Å². The third kappa shape index (κ3) is 4.18. The van der Waals surface area contributed by atoms with Crippen LogP contribution in [-0.4, -0.2) is 38.3 Å². The van der Waals surface area contributed by atoms with Crippen LogP contribution in [0.5, 0.6) is 11.5 Å². The van der Waals surface area contributed by atoms with Crippen LogP contribution in [-0.2, 0) is 10.0 Å². The van der Waals surface area contributed by atoms with Crippen LogP contribution in [0.2, 0.25) is 5.02 Å². The van der Waals surface area contributed by atoms with Crippen molar-refractivity contribution in [2.75, 3.05) is 24.7 Å². The Bertz CT molecular complexity index is 1360. The van der Waals surface area contributed by atoms with Crippen LogP contribution in [0.4, 0.5) is 11.5 Å². The molecule has 10 nitrogen and oxygen atoms in total. The maximum absolute atomic E-state index is 13.1. The lowest BCUT2D eigenvalue weighted by Gasteiger charge is -2.15. The summed E-state index contributed by atoms with van der Waals surface area (Å²) in [6, 6.07) is 8.74. The Kier molecular flexibility index (Phi) is 6.29. The third-order valence-electron chi connectivity index (χ3n) is 4.56. The number of aromatic nitrogens is 2. The molecule has 0 radical (unpaired) electrons. The molecule has 166 valence electrons. The number of hydrogen-bond donors (Lipinski definition) is 2. The van der Waals surface area contributed by atoms with Crippen LogP contribution in [0, 0.1) is 18.3 Å². The van der Waals surface area contributed by atoms with Crippen molar-refractivity contribution in [1.29, 1.82) is 5.26 Å². The van der Waals surface area contributed by atoms with Gasteiger partial charge in [-0.05, 0) is 30.7 Å². The maximum atomic E-state index is 13.1. The topological polar surface area (TPSA) is 149 Å². The van der Waals surface area contributed by atoms with Gasteiger partial charge in [-0.2, -0.15) is 15.0 Å². The summed E-state index contributed by atoms with van der Waals surface area (Å²) in [5.74, 6) is -0.333. The van der Waals surface area contributed by atoms with E-state index in [1.165, 1.54) is 44.6 Å². The van der Waals surface area contributed by atoms with E-state index in [0.717, 1.165) is 10.9 Å². The Hall–Kier alpha value is -3.75. The number of nitrogens with one attached hydrogen (secondary N) is 1. The maximum Gasteiger partial charge on any atom is 0.280 e. The van der Waals surface area contributed by atoms with Crippen LogP contribution < -0.4 is 19.9 Å². The number of ether oxygens (including phenoxy) is 2. The van der Waals surface area contributed by atoms with Gasteiger partial charge in [0.05, 0.1) is 36.0 Å². The summed E-state index contributed by atoms with van der Waals surface area (Å²) < 4.78 is 39.9. The second kappa shape index (κ2) is 8.78. The summed E-state index contributed by atoms with van der Waals surface area (Å²) in [6.45, 7) is 1.58. The lowest BCUT2D eigenvalue weighted by molar-refractivity contribution is 0.0947. The highest BCUT2D eigenvalue weighted by molar-refractivity contribution is 7.92. The molecule has 0 saturated carbocycles. The van der Waals surface area contributed by atoms with Crippen LogP contribution in [0.3, 0.4) is 0 Å². The van der Waals surface area contributed by atoms with E-state index in [0.29, 0.717) is 11.3 Å². The van der Waals surface area contributed by atoms with E-state index < -0.39 is 15.9 Å². The van der Waals surface area contributed by atoms with Gasteiger partial charge in [0.15, 0.2) is 0 Å². The van der Waals surface area contributed by atoms with Gasteiger partial charge in [0.2, 0.25) is 0 Å². The molecule has 2 aromatic carbocycles. The van der Waals surface area contributed by atoms with E-state index in [4.69, 9.17) is 32.1 Å². The van der Waals surface area contributed by atoms with Gasteiger partial charge in [0.1, 0.15) is 28.9 Å². The van der Waals surface area contributed by atoms with Gasteiger partial charge in [0, 0.05) is 11.6 Å². The van der Waals surface area contributed by atoms with Crippen LogP contribution in [0.1, 0.15) is 21.5 Å². The van der Waals surface area contributed by atoms with Crippen molar-refractivity contribution in [2.24, 2.45) is 0 Å². The van der Waals surface area contributed by atoms with Gasteiger partial charge >= 0.3 is 0 Å². The van der Waals surface area contributed by atoms with E-state index in [2.05, 4.69) is 9.82 Å². The van der Waals surface area contributed by atoms with Gasteiger partial charge in [-0.25, -0.2) is 8.42 Å². The van der Waals surface area contributed by atoms with Crippen LogP contribution >= 0.6 is 11.6 Å². The number of nitrogens with zero attached hydrogens (tertiary/aromatic N) is 3. The standard InChI is InChI=1S/C20H18ClN5O5S/c1-11-4-5-12(20(27)26-19(23)13(9-22)10-24-26)6-18(11)32(28,29)25-15-7-14(21)16(30-2)8-17(15)31-3/h4-8,10,25H,23H2,1-3H3. The zero-order chi connectivity index (χ0) is 23.6. The minimum absolute atomic E-state index is 0.00925. The SMILES string of the molecule is COc1cc(OC)c(NS(=O)(=O)c2cc(C(=O)n3ncc(C#N)c3N)ccc2C)cc1Cl. The molecule has 12 heteroatoms. The highest BCUT2D eigenvalue weighted by Crippen LogP contribution is 2.37. The number of aryl methyl sites for hydroxylation is 1. The van der Waals surface area contributed by atoms with Gasteiger partial charge in [-0.3, -0.25) is 9.52 Å². The van der Waals surface area contributed by atoms with Gasteiger partial charge in [-0.15, -0.1) is 0 Å². The molecule has 3 N–H and O–H groups in total. The van der Waals surface area contributed by atoms with Crippen molar-refractivity contribution in [3.63, 3.8) is 0 Å². The van der Waals surface area contributed by atoms with Gasteiger partial charge < -0.3 is 15.2 Å². The molecule has 0 unspecified atom stereocenters. The molecule has 32 heavy (non-hydrogen) atoms. The highest BCUT2D eigenvalue weighted by atomic mass is 35.5. The molecule has 0 saturated heterocycles. The molecule has 1 aromatic heterocycles. The first-order valence-corrected chi connectivity index (χ1v) is 10.8. The Morgan fingerprint density at radius 1 is 1.22 bits per heavy atom. The summed E-state index contributed by atoms with van der Waals surface area (Å²) in [7, 11) is -1.37. The van der Waals surface area contributed by atoms with Gasteiger partial charge in [-0.1, -0.05) is 17.7 Å². The summed E-state index contributed by atoms with van der Waals surface area (Å²) in [6.07, 6.45) is 1.15. The number of nitrogen functional groups attached to an aromatic ring is 1. The zero-order valence-corrected chi connectivity index (χ0v) is 18.8. The second-order valence-electron chi connectivity index (χ2n) is 6.55. The van der Waals surface area contributed by atoms with E-state index in [1.807, 2.05) is 6.07 Å². The minimum atomic E-state index is -4.16. The largest absolute Gasteiger partial charge is 0.495 e. The normalized spacial score (nSPS) is 11.0. The number of benzene rings is 2. The number of halogens is 1. The Morgan fingerprint density at radius 2 is 1.91 bits per heavy atom. The molecule has 0 amide bonds. The van der Waals surface area contributed by atoms with Crippen molar-refractivity contribution in [1.82, 2.24) is 9.78 Å². The number of carbonyl (C=O) groups is 1. The third-order valence-corrected chi connectivity index (χ3v) is 6.36. The fraction of sp³-hybridized carbons (Fsp3) is 0.150. The number of anilines is 2. The van der Waals surface area contributed by atoms with Crippen molar-refractivity contribution < 1.29 is 22.7 Å². The van der Waals surface area contributed by atoms with E-state index in [-0.39, 0.29) is 38.3 Å². The first-order chi connectivity index (χ1) is 15.1. The monoisotopic (exact) mass is 475 g/mol. The van der Waals surface area contributed by atoms with Crippen molar-refractivity contribution in [2.45, 2.75) is 11.8 Å². The average molecular weight is 476 g/mol. The molecule has 0 aliphatic rings. The Balaban J connectivity index is 2.03. The summed E-state index contributed by atoms with van der Waals surface area (Å²) in [4.78, 5) is 12.7. The van der Waals surface area contributed by atoms with Crippen molar-refractivity contribution in [3.8, 4) is 17.6 Å². The lowest BCUT2D eigenvalue weighted by atomic mass is 10.1. The summed E-state index contributed by atoms with van der Waals surface area (Å²) >= 11 is 6.12. The molecule has 0 aliphatic heterocycles. The fourth-order valence-electron chi connectivity index (χ4n) is 2.89. The van der Waals surface area contributed by atoms with Crippen molar-refractivity contribution >= 4 is 39.0 Å². The molecule has 0 bridgehead atoms. The number of hydrogen-bond acceptors (Lipinski definition) is 8. The first-order valence-electron chi connectivity index (χ1n) is 8.96. The summed E-state index contributed by atoms with van der Waals surface area (Å²) in [5, 5.41) is 13.0. The predicted octanol–water partition coefficient (Wildman–Crippen LogP) is 2.81. The molecule has 3 rings (SSSR count). The smallest absolute Gasteiger partial charge is 0.280 e. The molecular weight excluding hydrogens is 458 g/mol. The quantitative estimate of drug-likeness (QED) is 0.552. The highest BCUT2D eigenvalue weighted by Gasteiger charge is 2.23. The molecule has 0 spiro atoms. The summed E-state index contributed by atoms with van der Waals surface area (Å²) in [5.41, 5.74) is 6.28. The van der Waals surface area contributed by atoms with E-state index in [1.54, 1.807) is 6.92 Å². The minimum Gasteiger partial charge on any atom is -0.495 e. The molecular formula is C20H18ClN5O5S.